The SMILES string of the molecule is CN1CCN(C(=O)c2cc(F)c3c(c2)CCC3Nc2nc3nc(O[C@@H]4COC5[C@H](O)CO[C@@H]54)[nH]c3cc2Cl)CC1. The molecule has 3 aliphatic heterocycles. The average molecular weight is 573 g/mol. The molecule has 0 spiro atoms. The molecule has 1 amide bonds. The maximum atomic E-state index is 15.4. The molecule has 5 heterocycles. The van der Waals surface area contributed by atoms with Crippen LogP contribution in [-0.4, -0.2) is 107 Å². The van der Waals surface area contributed by atoms with E-state index >= 15 is 4.39 Å². The number of fused-ring (bicyclic) bond motifs is 3. The number of carbonyl (C=O) groups is 1. The predicted octanol–water partition coefficient (Wildman–Crippen LogP) is 2.14. The Morgan fingerprint density at radius 2 is 1.98 bits per heavy atom. The zero-order valence-corrected chi connectivity index (χ0v) is 22.7. The summed E-state index contributed by atoms with van der Waals surface area (Å²) in [6, 6.07) is 4.75. The molecular formula is C27H30ClFN6O5. The molecule has 3 fully saturated rings. The van der Waals surface area contributed by atoms with Crippen LogP contribution in [0.15, 0.2) is 18.2 Å². The van der Waals surface area contributed by atoms with E-state index in [1.807, 2.05) is 13.1 Å². The van der Waals surface area contributed by atoms with E-state index in [2.05, 4.69) is 25.2 Å². The number of anilines is 1. The number of aliphatic hydroxyl groups is 1. The van der Waals surface area contributed by atoms with Crippen molar-refractivity contribution in [1.82, 2.24) is 24.8 Å². The van der Waals surface area contributed by atoms with Crippen molar-refractivity contribution in [2.45, 2.75) is 43.3 Å². The van der Waals surface area contributed by atoms with Gasteiger partial charge in [-0.2, -0.15) is 4.98 Å². The van der Waals surface area contributed by atoms with Crippen molar-refractivity contribution in [2.24, 2.45) is 0 Å². The number of amides is 1. The molecule has 13 heteroatoms. The van der Waals surface area contributed by atoms with Crippen molar-refractivity contribution in [3.8, 4) is 6.01 Å². The van der Waals surface area contributed by atoms with Crippen LogP contribution in [0.1, 0.15) is 33.9 Å². The first kappa shape index (κ1) is 25.9. The van der Waals surface area contributed by atoms with Crippen LogP contribution in [0, 0.1) is 5.82 Å². The Morgan fingerprint density at radius 1 is 1.18 bits per heavy atom. The summed E-state index contributed by atoms with van der Waals surface area (Å²) in [7, 11) is 2.03. The molecule has 0 bridgehead atoms. The normalized spacial score (nSPS) is 28.2. The Kier molecular flexibility index (Phi) is 6.55. The van der Waals surface area contributed by atoms with Gasteiger partial charge in [-0.3, -0.25) is 4.79 Å². The molecule has 4 aliphatic rings. The number of nitrogens with one attached hydrogen (secondary N) is 2. The van der Waals surface area contributed by atoms with Crippen molar-refractivity contribution in [3.63, 3.8) is 0 Å². The second-order valence-corrected chi connectivity index (χ2v) is 11.3. The molecular weight excluding hydrogens is 543 g/mol. The highest BCUT2D eigenvalue weighted by atomic mass is 35.5. The first-order valence-electron chi connectivity index (χ1n) is 13.5. The molecule has 11 nitrogen and oxygen atoms in total. The molecule has 2 unspecified atom stereocenters. The Balaban J connectivity index is 1.07. The topological polar surface area (TPSA) is 125 Å². The van der Waals surface area contributed by atoms with Gasteiger partial charge < -0.3 is 39.4 Å². The van der Waals surface area contributed by atoms with Crippen LogP contribution in [0.3, 0.4) is 0 Å². The molecule has 3 aromatic rings. The number of nitrogens with zero attached hydrogens (tertiary/aromatic N) is 4. The lowest BCUT2D eigenvalue weighted by atomic mass is 10.0. The standard InChI is InChI=1S/C27H30ClFN6O5/c1-34-4-6-35(7-5-34)26(37)14-8-13-2-3-17(21(13)16(29)9-14)30-24-15(28)10-18-25(32-24)33-27(31-18)40-20-12-39-22-19(36)11-38-23(20)22/h8-10,17,19-20,22-23,36H,2-7,11-12H2,1H3,(H2,30,31,32,33)/t17?,19-,20-,22?,23-/m1/s1. The van der Waals surface area contributed by atoms with Crippen molar-refractivity contribution in [3.05, 3.63) is 45.7 Å². The molecule has 5 atom stereocenters. The summed E-state index contributed by atoms with van der Waals surface area (Å²) in [6.45, 7) is 3.37. The van der Waals surface area contributed by atoms with Crippen LogP contribution < -0.4 is 10.1 Å². The van der Waals surface area contributed by atoms with Gasteiger partial charge in [0.2, 0.25) is 0 Å². The summed E-state index contributed by atoms with van der Waals surface area (Å²) < 4.78 is 32.6. The maximum absolute atomic E-state index is 15.4. The van der Waals surface area contributed by atoms with Crippen molar-refractivity contribution < 1.29 is 28.5 Å². The highest BCUT2D eigenvalue weighted by Gasteiger charge is 2.48. The number of aromatic nitrogens is 3. The summed E-state index contributed by atoms with van der Waals surface area (Å²) in [4.78, 5) is 29.1. The molecule has 0 radical (unpaired) electrons. The Labute approximate surface area is 234 Å². The van der Waals surface area contributed by atoms with Gasteiger partial charge in [0.25, 0.3) is 11.9 Å². The minimum absolute atomic E-state index is 0.131. The number of pyridine rings is 1. The van der Waals surface area contributed by atoms with Crippen molar-refractivity contribution in [2.75, 3.05) is 51.8 Å². The summed E-state index contributed by atoms with van der Waals surface area (Å²) in [6.07, 6.45) is -0.588. The van der Waals surface area contributed by atoms with Gasteiger partial charge in [-0.05, 0) is 43.7 Å². The number of benzene rings is 1. The van der Waals surface area contributed by atoms with Gasteiger partial charge in [-0.25, -0.2) is 9.37 Å². The summed E-state index contributed by atoms with van der Waals surface area (Å²) in [5.41, 5.74) is 2.71. The lowest BCUT2D eigenvalue weighted by molar-refractivity contribution is 0.00706. The van der Waals surface area contributed by atoms with E-state index in [0.717, 1.165) is 18.7 Å². The van der Waals surface area contributed by atoms with Gasteiger partial charge >= 0.3 is 0 Å². The molecule has 40 heavy (non-hydrogen) atoms. The third kappa shape index (κ3) is 4.57. The van der Waals surface area contributed by atoms with Crippen LogP contribution in [0.5, 0.6) is 6.01 Å². The predicted molar refractivity (Wildman–Crippen MR) is 143 cm³/mol. The van der Waals surface area contributed by atoms with Gasteiger partial charge in [0.1, 0.15) is 29.9 Å². The van der Waals surface area contributed by atoms with Crippen molar-refractivity contribution >= 4 is 34.5 Å². The van der Waals surface area contributed by atoms with E-state index in [1.54, 1.807) is 11.0 Å². The van der Waals surface area contributed by atoms with Crippen molar-refractivity contribution in [1.29, 1.82) is 0 Å². The molecule has 7 rings (SSSR count). The van der Waals surface area contributed by atoms with E-state index in [4.69, 9.17) is 25.8 Å². The maximum Gasteiger partial charge on any atom is 0.296 e. The average Bonchev–Trinajstić information content (AvgIpc) is 3.71. The fourth-order valence-electron chi connectivity index (χ4n) is 6.08. The third-order valence-electron chi connectivity index (χ3n) is 8.26. The monoisotopic (exact) mass is 572 g/mol. The molecule has 3 N–H and O–H groups in total. The quantitative estimate of drug-likeness (QED) is 0.422. The Hall–Kier alpha value is -3.03. The van der Waals surface area contributed by atoms with E-state index in [-0.39, 0.29) is 37.3 Å². The zero-order valence-electron chi connectivity index (χ0n) is 21.9. The highest BCUT2D eigenvalue weighted by molar-refractivity contribution is 6.33. The minimum atomic E-state index is -0.669. The van der Waals surface area contributed by atoms with Gasteiger partial charge in [-0.1, -0.05) is 11.6 Å². The fourth-order valence-corrected chi connectivity index (χ4v) is 6.29. The number of H-pyrrole nitrogens is 1. The fraction of sp³-hybridized carbons (Fsp3) is 0.519. The smallest absolute Gasteiger partial charge is 0.296 e. The van der Waals surface area contributed by atoms with Crippen LogP contribution in [-0.2, 0) is 15.9 Å². The number of imidazole rings is 1. The number of ether oxygens (including phenoxy) is 3. The number of rotatable bonds is 5. The van der Waals surface area contributed by atoms with E-state index in [1.165, 1.54) is 6.07 Å². The number of hydrogen-bond acceptors (Lipinski definition) is 9. The van der Waals surface area contributed by atoms with Gasteiger partial charge in [0, 0.05) is 37.3 Å². The minimum Gasteiger partial charge on any atom is -0.456 e. The van der Waals surface area contributed by atoms with E-state index < -0.39 is 24.1 Å². The lowest BCUT2D eigenvalue weighted by Gasteiger charge is -2.32. The Morgan fingerprint density at radius 3 is 2.80 bits per heavy atom. The first-order chi connectivity index (χ1) is 19.3. The number of likely N-dealkylation sites (N-methyl/N-ethyl adjacent to an activating group) is 1. The summed E-state index contributed by atoms with van der Waals surface area (Å²) in [5, 5.41) is 13.6. The second kappa shape index (κ2) is 10.1. The number of halogens is 2. The van der Waals surface area contributed by atoms with Crippen LogP contribution in [0.25, 0.3) is 11.2 Å². The summed E-state index contributed by atoms with van der Waals surface area (Å²) in [5.74, 6) is -0.157. The van der Waals surface area contributed by atoms with Crippen LogP contribution in [0.2, 0.25) is 5.02 Å². The van der Waals surface area contributed by atoms with E-state index in [9.17, 15) is 9.90 Å². The number of aryl methyl sites for hydroxylation is 1. The van der Waals surface area contributed by atoms with Gasteiger partial charge in [0.15, 0.2) is 11.8 Å². The molecule has 212 valence electrons. The van der Waals surface area contributed by atoms with Crippen LogP contribution >= 0.6 is 11.6 Å². The molecule has 1 aliphatic carbocycles. The zero-order chi connectivity index (χ0) is 27.5. The number of hydrogen-bond donors (Lipinski definition) is 3. The van der Waals surface area contributed by atoms with Gasteiger partial charge in [-0.15, -0.1) is 0 Å². The third-order valence-corrected chi connectivity index (χ3v) is 8.55. The molecule has 1 aromatic carbocycles. The molecule has 0 saturated carbocycles. The second-order valence-electron chi connectivity index (χ2n) is 10.9. The van der Waals surface area contributed by atoms with E-state index in [0.29, 0.717) is 59.1 Å². The van der Waals surface area contributed by atoms with Crippen LogP contribution in [0.4, 0.5) is 10.2 Å². The lowest BCUT2D eigenvalue weighted by Crippen LogP contribution is -2.47. The largest absolute Gasteiger partial charge is 0.456 e. The molecule has 3 saturated heterocycles. The number of aliphatic hydroxyl groups excluding tert-OH is 1. The molecule has 2 aromatic heterocycles. The Bertz CT molecular complexity index is 1460. The highest BCUT2D eigenvalue weighted by Crippen LogP contribution is 2.38. The number of piperazine rings is 1. The number of carbonyl (C=O) groups excluding carboxylic acids is 1. The number of aromatic amines is 1. The summed E-state index contributed by atoms with van der Waals surface area (Å²) >= 11 is 6.55. The van der Waals surface area contributed by atoms with Gasteiger partial charge in [0.05, 0.1) is 29.8 Å². The first-order valence-corrected chi connectivity index (χ1v) is 13.9.